The summed E-state index contributed by atoms with van der Waals surface area (Å²) >= 11 is 0. The van der Waals surface area contributed by atoms with Gasteiger partial charge in [0.15, 0.2) is 0 Å². The number of carbonyl (C=O) groups excluding carboxylic acids is 1. The zero-order chi connectivity index (χ0) is 17.5. The summed E-state index contributed by atoms with van der Waals surface area (Å²) in [6.45, 7) is 5.35. The van der Waals surface area contributed by atoms with Crippen molar-refractivity contribution in [3.05, 3.63) is 23.8 Å². The Morgan fingerprint density at radius 2 is 2.04 bits per heavy atom. The fraction of sp³-hybridized carbons (Fsp3) is 0.632. The van der Waals surface area contributed by atoms with Crippen molar-refractivity contribution in [1.82, 2.24) is 5.32 Å². The first-order valence-electron chi connectivity index (χ1n) is 8.92. The third-order valence-corrected chi connectivity index (χ3v) is 4.73. The van der Waals surface area contributed by atoms with Crippen molar-refractivity contribution in [3.63, 3.8) is 0 Å². The zero-order valence-electron chi connectivity index (χ0n) is 15.4. The molecule has 0 radical (unpaired) electrons. The number of anilines is 2. The van der Waals surface area contributed by atoms with Crippen LogP contribution in [0.2, 0.25) is 0 Å². The second-order valence-electron chi connectivity index (χ2n) is 6.95. The van der Waals surface area contributed by atoms with Gasteiger partial charge in [0.2, 0.25) is 0 Å². The summed E-state index contributed by atoms with van der Waals surface area (Å²) in [5.74, 6) is 0.630. The van der Waals surface area contributed by atoms with E-state index in [4.69, 9.17) is 4.74 Å². The Kier molecular flexibility index (Phi) is 6.91. The van der Waals surface area contributed by atoms with E-state index in [0.717, 1.165) is 23.4 Å². The summed E-state index contributed by atoms with van der Waals surface area (Å²) in [5.41, 5.74) is 3.00. The maximum Gasteiger partial charge on any atom is 0.319 e. The van der Waals surface area contributed by atoms with Gasteiger partial charge in [-0.25, -0.2) is 4.79 Å². The summed E-state index contributed by atoms with van der Waals surface area (Å²) < 4.78 is 5.91. The number of benzene rings is 1. The first kappa shape index (κ1) is 18.6. The molecule has 1 aromatic carbocycles. The highest BCUT2D eigenvalue weighted by Crippen LogP contribution is 2.26. The summed E-state index contributed by atoms with van der Waals surface area (Å²) in [5, 5.41) is 5.76. The summed E-state index contributed by atoms with van der Waals surface area (Å²) in [6.07, 6.45) is 5.31. The normalized spacial score (nSPS) is 20.5. The lowest BCUT2D eigenvalue weighted by Crippen LogP contribution is -2.34. The number of nitrogens with zero attached hydrogens (tertiary/aromatic N) is 1. The molecule has 134 valence electrons. The third kappa shape index (κ3) is 5.41. The lowest BCUT2D eigenvalue weighted by Gasteiger charge is -2.28. The van der Waals surface area contributed by atoms with E-state index in [0.29, 0.717) is 25.2 Å². The average molecular weight is 333 g/mol. The molecule has 2 N–H and O–H groups in total. The second kappa shape index (κ2) is 8.92. The standard InChI is InChI=1S/C19H31N3O2/c1-14-7-5-6-8-18(14)24-12-11-20-19(23)21-17-10-9-16(22(3)4)13-15(17)2/h9-10,13-14,18H,5-8,11-12H2,1-4H3,(H2,20,21,23)/t14-,18-/m0/s1. The van der Waals surface area contributed by atoms with Crippen LogP contribution >= 0.6 is 0 Å². The van der Waals surface area contributed by atoms with Gasteiger partial charge in [0.1, 0.15) is 0 Å². The van der Waals surface area contributed by atoms with Gasteiger partial charge >= 0.3 is 6.03 Å². The fourth-order valence-corrected chi connectivity index (χ4v) is 3.14. The van der Waals surface area contributed by atoms with E-state index in [2.05, 4.69) is 23.6 Å². The van der Waals surface area contributed by atoms with E-state index in [-0.39, 0.29) is 6.03 Å². The predicted molar refractivity (Wildman–Crippen MR) is 99.9 cm³/mol. The van der Waals surface area contributed by atoms with Crippen LogP contribution in [0.25, 0.3) is 0 Å². The number of ether oxygens (including phenoxy) is 1. The minimum absolute atomic E-state index is 0.184. The number of hydrogen-bond donors (Lipinski definition) is 2. The fourth-order valence-electron chi connectivity index (χ4n) is 3.14. The minimum Gasteiger partial charge on any atom is -0.378 e. The van der Waals surface area contributed by atoms with Crippen LogP contribution in [0.3, 0.4) is 0 Å². The number of nitrogens with one attached hydrogen (secondary N) is 2. The molecular weight excluding hydrogens is 302 g/mol. The molecule has 2 atom stereocenters. The van der Waals surface area contributed by atoms with E-state index in [1.54, 1.807) is 0 Å². The van der Waals surface area contributed by atoms with Crippen molar-refractivity contribution in [2.75, 3.05) is 37.5 Å². The lowest BCUT2D eigenvalue weighted by atomic mass is 9.88. The van der Waals surface area contributed by atoms with Gasteiger partial charge in [0.25, 0.3) is 0 Å². The van der Waals surface area contributed by atoms with Crippen LogP contribution in [0, 0.1) is 12.8 Å². The molecular formula is C19H31N3O2. The van der Waals surface area contributed by atoms with Crippen molar-refractivity contribution >= 4 is 17.4 Å². The molecule has 0 aromatic heterocycles. The SMILES string of the molecule is Cc1cc(N(C)C)ccc1NC(=O)NCCO[C@H]1CCCC[C@@H]1C. The first-order chi connectivity index (χ1) is 11.5. The lowest BCUT2D eigenvalue weighted by molar-refractivity contribution is -0.00232. The monoisotopic (exact) mass is 333 g/mol. The van der Waals surface area contributed by atoms with Crippen molar-refractivity contribution in [2.45, 2.75) is 45.6 Å². The summed E-state index contributed by atoms with van der Waals surface area (Å²) in [7, 11) is 4.00. The quantitative estimate of drug-likeness (QED) is 0.779. The van der Waals surface area contributed by atoms with Gasteiger partial charge in [-0.15, -0.1) is 0 Å². The van der Waals surface area contributed by atoms with Gasteiger partial charge in [-0.05, 0) is 49.4 Å². The van der Waals surface area contributed by atoms with E-state index in [1.165, 1.54) is 19.3 Å². The van der Waals surface area contributed by atoms with E-state index in [1.807, 2.05) is 38.1 Å². The molecule has 2 amide bonds. The van der Waals surface area contributed by atoms with Gasteiger partial charge in [-0.2, -0.15) is 0 Å². The predicted octanol–water partition coefficient (Wildman–Crippen LogP) is 3.78. The Morgan fingerprint density at radius 3 is 2.71 bits per heavy atom. The molecule has 1 aliphatic carbocycles. The molecule has 0 spiro atoms. The van der Waals surface area contributed by atoms with E-state index < -0.39 is 0 Å². The Labute approximate surface area is 145 Å². The van der Waals surface area contributed by atoms with E-state index in [9.17, 15) is 4.79 Å². The first-order valence-corrected chi connectivity index (χ1v) is 8.92. The summed E-state index contributed by atoms with van der Waals surface area (Å²) in [4.78, 5) is 14.1. The minimum atomic E-state index is -0.184. The maximum atomic E-state index is 12.0. The van der Waals surface area contributed by atoms with Gasteiger partial charge in [-0.1, -0.05) is 19.8 Å². The van der Waals surface area contributed by atoms with Crippen LogP contribution in [0.5, 0.6) is 0 Å². The molecule has 1 fully saturated rings. The highest BCUT2D eigenvalue weighted by atomic mass is 16.5. The van der Waals surface area contributed by atoms with Gasteiger partial charge < -0.3 is 20.3 Å². The van der Waals surface area contributed by atoms with E-state index >= 15 is 0 Å². The smallest absolute Gasteiger partial charge is 0.319 e. The topological polar surface area (TPSA) is 53.6 Å². The molecule has 1 aliphatic rings. The molecule has 24 heavy (non-hydrogen) atoms. The molecule has 0 heterocycles. The Bertz CT molecular complexity index is 545. The van der Waals surface area contributed by atoms with Gasteiger partial charge in [-0.3, -0.25) is 0 Å². The van der Waals surface area contributed by atoms with Crippen molar-refractivity contribution < 1.29 is 9.53 Å². The maximum absolute atomic E-state index is 12.0. The molecule has 0 saturated heterocycles. The van der Waals surface area contributed by atoms with Gasteiger partial charge in [0, 0.05) is 32.0 Å². The Balaban J connectivity index is 1.71. The van der Waals surface area contributed by atoms with Gasteiger partial charge in [0.05, 0.1) is 12.7 Å². The van der Waals surface area contributed by atoms with Crippen LogP contribution in [0.15, 0.2) is 18.2 Å². The highest BCUT2D eigenvalue weighted by molar-refractivity contribution is 5.90. The highest BCUT2D eigenvalue weighted by Gasteiger charge is 2.21. The van der Waals surface area contributed by atoms with Crippen LogP contribution in [-0.2, 0) is 4.74 Å². The molecule has 1 saturated carbocycles. The molecule has 2 rings (SSSR count). The van der Waals surface area contributed by atoms with Crippen molar-refractivity contribution in [2.24, 2.45) is 5.92 Å². The molecule has 0 unspecified atom stereocenters. The van der Waals surface area contributed by atoms with Crippen molar-refractivity contribution in [3.8, 4) is 0 Å². The second-order valence-corrected chi connectivity index (χ2v) is 6.95. The average Bonchev–Trinajstić information content (AvgIpc) is 2.55. The van der Waals surface area contributed by atoms with Crippen LogP contribution < -0.4 is 15.5 Å². The van der Waals surface area contributed by atoms with Crippen LogP contribution in [0.4, 0.5) is 16.2 Å². The van der Waals surface area contributed by atoms with Crippen LogP contribution in [0.1, 0.15) is 38.2 Å². The Hall–Kier alpha value is -1.75. The molecule has 5 nitrogen and oxygen atoms in total. The number of rotatable bonds is 6. The zero-order valence-corrected chi connectivity index (χ0v) is 15.4. The molecule has 1 aromatic rings. The number of urea groups is 1. The van der Waals surface area contributed by atoms with Crippen LogP contribution in [-0.4, -0.2) is 39.4 Å². The Morgan fingerprint density at radius 1 is 1.29 bits per heavy atom. The molecule has 0 bridgehead atoms. The number of carbonyl (C=O) groups is 1. The van der Waals surface area contributed by atoms with Crippen molar-refractivity contribution in [1.29, 1.82) is 0 Å². The third-order valence-electron chi connectivity index (χ3n) is 4.73. The number of amides is 2. The molecule has 0 aliphatic heterocycles. The number of aryl methyl sites for hydroxylation is 1. The molecule has 5 heteroatoms. The summed E-state index contributed by atoms with van der Waals surface area (Å²) in [6, 6.07) is 5.81. The largest absolute Gasteiger partial charge is 0.378 e. The number of hydrogen-bond acceptors (Lipinski definition) is 3.